The Hall–Kier alpha value is 0.1000. The molecule has 0 aromatic heterocycles. The van der Waals surface area contributed by atoms with E-state index >= 15 is 0 Å². The van der Waals surface area contributed by atoms with Gasteiger partial charge in [-0.1, -0.05) is 46.4 Å². The first kappa shape index (κ1) is 13.2. The zero-order chi connectivity index (χ0) is 12.0. The molecule has 0 aliphatic carbocycles. The van der Waals surface area contributed by atoms with Crippen LogP contribution in [0.2, 0.25) is 20.1 Å². The normalized spacial score (nSPS) is 12.0. The molecule has 0 aliphatic rings. The van der Waals surface area contributed by atoms with Gasteiger partial charge in [0.2, 0.25) is 0 Å². The maximum atomic E-state index is 13.0. The molecule has 15 heavy (non-hydrogen) atoms. The Balaban J connectivity index is 3.68. The summed E-state index contributed by atoms with van der Waals surface area (Å²) in [4.78, 5) is 0. The molecule has 84 valence electrons. The molecule has 0 bridgehead atoms. The van der Waals surface area contributed by atoms with Crippen LogP contribution < -0.4 is 0 Å². The molecule has 0 amide bonds. The third-order valence-electron chi connectivity index (χ3n) is 1.49. The van der Waals surface area contributed by atoms with Crippen LogP contribution in [0.4, 0.5) is 17.6 Å². The average Bonchev–Trinajstić information content (AvgIpc) is 2.09. The lowest BCUT2D eigenvalue weighted by Crippen LogP contribution is -2.08. The van der Waals surface area contributed by atoms with Gasteiger partial charge in [-0.15, -0.1) is 0 Å². The molecule has 0 saturated carbocycles. The van der Waals surface area contributed by atoms with Crippen LogP contribution in [0.15, 0.2) is 0 Å². The topological polar surface area (TPSA) is 0 Å². The molecule has 1 rings (SSSR count). The second-order valence-electron chi connectivity index (χ2n) is 2.44. The zero-order valence-electron chi connectivity index (χ0n) is 6.52. The third-order valence-corrected chi connectivity index (χ3v) is 3.15. The van der Waals surface area contributed by atoms with Crippen molar-refractivity contribution in [2.45, 2.75) is 6.18 Å². The molecular weight excluding hydrogens is 302 g/mol. The van der Waals surface area contributed by atoms with Crippen molar-refractivity contribution >= 4 is 46.4 Å². The molecule has 1 aromatic rings. The Bertz CT molecular complexity index is 383. The van der Waals surface area contributed by atoms with Crippen LogP contribution in [0, 0.1) is 5.82 Å². The molecular formula is C7Cl4F4. The van der Waals surface area contributed by atoms with E-state index in [0.717, 1.165) is 0 Å². The van der Waals surface area contributed by atoms with Gasteiger partial charge in [0, 0.05) is 0 Å². The Labute approximate surface area is 102 Å². The SMILES string of the molecule is Fc1c(Cl)c(Cl)c(C(F)(F)F)c(Cl)c1Cl. The number of hydrogen-bond donors (Lipinski definition) is 0. The van der Waals surface area contributed by atoms with E-state index in [0.29, 0.717) is 0 Å². The van der Waals surface area contributed by atoms with Crippen LogP contribution in [-0.4, -0.2) is 0 Å². The van der Waals surface area contributed by atoms with Crippen molar-refractivity contribution in [3.05, 3.63) is 31.5 Å². The number of alkyl halides is 3. The van der Waals surface area contributed by atoms with Gasteiger partial charge in [-0.25, -0.2) is 4.39 Å². The maximum absolute atomic E-state index is 13.0. The first-order valence-electron chi connectivity index (χ1n) is 3.26. The minimum Gasteiger partial charge on any atom is -0.204 e. The summed E-state index contributed by atoms with van der Waals surface area (Å²) in [5, 5.41) is -3.82. The second kappa shape index (κ2) is 4.17. The van der Waals surface area contributed by atoms with Crippen LogP contribution in [0.5, 0.6) is 0 Å². The zero-order valence-corrected chi connectivity index (χ0v) is 9.55. The molecule has 0 radical (unpaired) electrons. The predicted octanol–water partition coefficient (Wildman–Crippen LogP) is 5.46. The summed E-state index contributed by atoms with van der Waals surface area (Å²) in [5.74, 6) is -1.28. The van der Waals surface area contributed by atoms with Gasteiger partial charge in [0.15, 0.2) is 5.82 Å². The third kappa shape index (κ3) is 2.28. The molecule has 0 atom stereocenters. The average molecular weight is 302 g/mol. The molecule has 0 heterocycles. The fourth-order valence-electron chi connectivity index (χ4n) is 0.854. The van der Waals surface area contributed by atoms with E-state index < -0.39 is 37.6 Å². The molecule has 0 N–H and O–H groups in total. The van der Waals surface area contributed by atoms with E-state index in [2.05, 4.69) is 0 Å². The second-order valence-corrected chi connectivity index (χ2v) is 3.95. The predicted molar refractivity (Wildman–Crippen MR) is 51.4 cm³/mol. The van der Waals surface area contributed by atoms with Crippen LogP contribution >= 0.6 is 46.4 Å². The van der Waals surface area contributed by atoms with Crippen molar-refractivity contribution in [1.29, 1.82) is 0 Å². The van der Waals surface area contributed by atoms with Crippen molar-refractivity contribution in [3.8, 4) is 0 Å². The Morgan fingerprint density at radius 3 is 1.33 bits per heavy atom. The van der Waals surface area contributed by atoms with E-state index in [-0.39, 0.29) is 0 Å². The maximum Gasteiger partial charge on any atom is 0.419 e. The van der Waals surface area contributed by atoms with E-state index in [1.165, 1.54) is 0 Å². The highest BCUT2D eigenvalue weighted by atomic mass is 35.5. The van der Waals surface area contributed by atoms with Crippen molar-refractivity contribution in [2.24, 2.45) is 0 Å². The number of benzene rings is 1. The summed E-state index contributed by atoms with van der Waals surface area (Å²) in [6, 6.07) is 0. The van der Waals surface area contributed by atoms with E-state index in [9.17, 15) is 17.6 Å². The number of halogens is 8. The Morgan fingerprint density at radius 2 is 1.07 bits per heavy atom. The van der Waals surface area contributed by atoms with Crippen LogP contribution in [-0.2, 0) is 6.18 Å². The summed E-state index contributed by atoms with van der Waals surface area (Å²) in [6.45, 7) is 0. The van der Waals surface area contributed by atoms with Crippen LogP contribution in [0.25, 0.3) is 0 Å². The van der Waals surface area contributed by atoms with Gasteiger partial charge >= 0.3 is 6.18 Å². The first-order valence-corrected chi connectivity index (χ1v) is 4.77. The highest BCUT2D eigenvalue weighted by Crippen LogP contribution is 2.47. The summed E-state index contributed by atoms with van der Waals surface area (Å²) >= 11 is 20.9. The van der Waals surface area contributed by atoms with Crippen LogP contribution in [0.3, 0.4) is 0 Å². The van der Waals surface area contributed by atoms with Gasteiger partial charge in [0.05, 0.1) is 25.7 Å². The van der Waals surface area contributed by atoms with Gasteiger partial charge in [-0.05, 0) is 0 Å². The highest BCUT2D eigenvalue weighted by molar-refractivity contribution is 6.48. The lowest BCUT2D eigenvalue weighted by molar-refractivity contribution is -0.137. The fraction of sp³-hybridized carbons (Fsp3) is 0.143. The molecule has 0 fully saturated rings. The van der Waals surface area contributed by atoms with Crippen molar-refractivity contribution < 1.29 is 17.6 Å². The van der Waals surface area contributed by atoms with Gasteiger partial charge in [-0.3, -0.25) is 0 Å². The lowest BCUT2D eigenvalue weighted by Gasteiger charge is -2.13. The Morgan fingerprint density at radius 1 is 0.733 bits per heavy atom. The summed E-state index contributed by atoms with van der Waals surface area (Å²) in [6.07, 6.45) is -4.85. The lowest BCUT2D eigenvalue weighted by atomic mass is 10.2. The number of rotatable bonds is 0. The standard InChI is InChI=1S/C7Cl4F4/c8-2-1(7(13,14)15)3(9)5(11)6(12)4(2)10. The molecule has 0 saturated heterocycles. The summed E-state index contributed by atoms with van der Waals surface area (Å²) in [5.41, 5.74) is -1.44. The summed E-state index contributed by atoms with van der Waals surface area (Å²) < 4.78 is 50.2. The highest BCUT2D eigenvalue weighted by Gasteiger charge is 2.39. The van der Waals surface area contributed by atoms with Gasteiger partial charge in [0.25, 0.3) is 0 Å². The van der Waals surface area contributed by atoms with Crippen molar-refractivity contribution in [3.63, 3.8) is 0 Å². The van der Waals surface area contributed by atoms with Crippen molar-refractivity contribution in [2.75, 3.05) is 0 Å². The van der Waals surface area contributed by atoms with E-state index in [1.54, 1.807) is 0 Å². The smallest absolute Gasteiger partial charge is 0.204 e. The first-order chi connectivity index (χ1) is 6.68. The fourth-order valence-corrected chi connectivity index (χ4v) is 1.90. The number of hydrogen-bond acceptors (Lipinski definition) is 0. The molecule has 1 aromatic carbocycles. The molecule has 0 unspecified atom stereocenters. The molecule has 0 spiro atoms. The van der Waals surface area contributed by atoms with E-state index in [4.69, 9.17) is 46.4 Å². The minimum atomic E-state index is -4.85. The monoisotopic (exact) mass is 300 g/mol. The van der Waals surface area contributed by atoms with Gasteiger partial charge in [0.1, 0.15) is 0 Å². The molecule has 0 aliphatic heterocycles. The summed E-state index contributed by atoms with van der Waals surface area (Å²) in [7, 11) is 0. The quantitative estimate of drug-likeness (QED) is 0.339. The van der Waals surface area contributed by atoms with Gasteiger partial charge in [-0.2, -0.15) is 13.2 Å². The largest absolute Gasteiger partial charge is 0.419 e. The van der Waals surface area contributed by atoms with E-state index in [1.807, 2.05) is 0 Å². The van der Waals surface area contributed by atoms with Crippen LogP contribution in [0.1, 0.15) is 5.56 Å². The van der Waals surface area contributed by atoms with Gasteiger partial charge < -0.3 is 0 Å². The van der Waals surface area contributed by atoms with Crippen molar-refractivity contribution in [1.82, 2.24) is 0 Å². The molecule has 8 heteroatoms. The Kier molecular flexibility index (Phi) is 3.66. The molecule has 0 nitrogen and oxygen atoms in total. The minimum absolute atomic E-state index is 0.904.